The molecule has 0 aliphatic heterocycles. The molecule has 20 heavy (non-hydrogen) atoms. The van der Waals surface area contributed by atoms with Crippen LogP contribution in [-0.4, -0.2) is 25.9 Å². The van der Waals surface area contributed by atoms with Gasteiger partial charge in [-0.05, 0) is 13.8 Å². The first kappa shape index (κ1) is 14.1. The van der Waals surface area contributed by atoms with Crippen molar-refractivity contribution >= 4 is 11.6 Å². The van der Waals surface area contributed by atoms with Gasteiger partial charge in [0, 0.05) is 13.1 Å². The molecule has 0 spiro atoms. The molecule has 0 aliphatic rings. The Labute approximate surface area is 112 Å². The van der Waals surface area contributed by atoms with Crippen LogP contribution in [0.1, 0.15) is 27.6 Å². The zero-order chi connectivity index (χ0) is 15.1. The van der Waals surface area contributed by atoms with E-state index < -0.39 is 17.8 Å². The van der Waals surface area contributed by atoms with Crippen LogP contribution in [0, 0.1) is 13.8 Å². The number of carbonyl (C=O) groups excluding carboxylic acids is 1. The molecular formula is C11H12F3N5O. The van der Waals surface area contributed by atoms with Gasteiger partial charge in [0.15, 0.2) is 5.69 Å². The summed E-state index contributed by atoms with van der Waals surface area (Å²) in [6.45, 7) is 3.43. The molecule has 108 valence electrons. The number of rotatable bonds is 2. The lowest BCUT2D eigenvalue weighted by Crippen LogP contribution is -2.13. The van der Waals surface area contributed by atoms with E-state index in [1.807, 2.05) is 0 Å². The molecule has 0 radical (unpaired) electrons. The maximum atomic E-state index is 12.4. The maximum Gasteiger partial charge on any atom is 0.432 e. The topological polar surface area (TPSA) is 75.6 Å². The molecule has 0 saturated carbocycles. The summed E-state index contributed by atoms with van der Waals surface area (Å²) in [6, 6.07) is 0.663. The molecule has 0 aliphatic carbocycles. The summed E-state index contributed by atoms with van der Waals surface area (Å²) >= 11 is 0. The van der Waals surface area contributed by atoms with E-state index in [9.17, 15) is 18.0 Å². The van der Waals surface area contributed by atoms with Gasteiger partial charge in [-0.2, -0.15) is 23.4 Å². The molecule has 0 bridgehead atoms. The number of hydrogen-bond acceptors (Lipinski definition) is 3. The second kappa shape index (κ2) is 4.66. The van der Waals surface area contributed by atoms with Crippen LogP contribution in [0.25, 0.3) is 0 Å². The molecule has 2 aromatic rings. The van der Waals surface area contributed by atoms with E-state index in [0.29, 0.717) is 23.1 Å². The standard InChI is InChI=1S/C11H12F3N5O/c1-5-9(6(2)19(3)18-5)15-10(20)7-4-8(17-16-7)11(12,13)14/h4H,1-3H3,(H,15,20)(H,16,17). The summed E-state index contributed by atoms with van der Waals surface area (Å²) in [5.41, 5.74) is 0.337. The van der Waals surface area contributed by atoms with Crippen LogP contribution in [0.2, 0.25) is 0 Å². The van der Waals surface area contributed by atoms with Gasteiger partial charge in [0.25, 0.3) is 5.91 Å². The molecule has 0 aromatic carbocycles. The average Bonchev–Trinajstić information content (AvgIpc) is 2.90. The van der Waals surface area contributed by atoms with Crippen molar-refractivity contribution in [3.8, 4) is 0 Å². The van der Waals surface area contributed by atoms with Crippen LogP contribution in [-0.2, 0) is 13.2 Å². The van der Waals surface area contributed by atoms with Crippen molar-refractivity contribution in [2.75, 3.05) is 5.32 Å². The second-order valence-corrected chi connectivity index (χ2v) is 4.29. The molecular weight excluding hydrogens is 275 g/mol. The Bertz CT molecular complexity index is 656. The highest BCUT2D eigenvalue weighted by atomic mass is 19.4. The molecule has 1 amide bonds. The molecule has 2 aromatic heterocycles. The Morgan fingerprint density at radius 3 is 2.50 bits per heavy atom. The van der Waals surface area contributed by atoms with Gasteiger partial charge in [0.05, 0.1) is 17.1 Å². The number of hydrogen-bond donors (Lipinski definition) is 2. The molecule has 6 nitrogen and oxygen atoms in total. The van der Waals surface area contributed by atoms with Gasteiger partial charge in [0.2, 0.25) is 0 Å². The van der Waals surface area contributed by atoms with Crippen molar-refractivity contribution in [3.05, 3.63) is 28.8 Å². The Kier molecular flexibility index (Phi) is 3.28. The summed E-state index contributed by atoms with van der Waals surface area (Å²) in [4.78, 5) is 11.9. The first-order chi connectivity index (χ1) is 9.20. The minimum Gasteiger partial charge on any atom is -0.317 e. The van der Waals surface area contributed by atoms with E-state index in [-0.39, 0.29) is 5.69 Å². The van der Waals surface area contributed by atoms with E-state index in [1.165, 1.54) is 0 Å². The van der Waals surface area contributed by atoms with E-state index >= 15 is 0 Å². The quantitative estimate of drug-likeness (QED) is 0.887. The summed E-state index contributed by atoms with van der Waals surface area (Å²) in [6.07, 6.45) is -4.56. The van der Waals surface area contributed by atoms with Crippen LogP contribution in [0.3, 0.4) is 0 Å². The number of carbonyl (C=O) groups is 1. The highest BCUT2D eigenvalue weighted by Crippen LogP contribution is 2.28. The van der Waals surface area contributed by atoms with Gasteiger partial charge in [-0.25, -0.2) is 0 Å². The highest BCUT2D eigenvalue weighted by Gasteiger charge is 2.33. The first-order valence-corrected chi connectivity index (χ1v) is 5.64. The fraction of sp³-hybridized carbons (Fsp3) is 0.364. The van der Waals surface area contributed by atoms with Crippen molar-refractivity contribution in [3.63, 3.8) is 0 Å². The van der Waals surface area contributed by atoms with Crippen LogP contribution < -0.4 is 5.32 Å². The number of alkyl halides is 3. The van der Waals surface area contributed by atoms with Crippen LogP contribution in [0.15, 0.2) is 6.07 Å². The lowest BCUT2D eigenvalue weighted by molar-refractivity contribution is -0.141. The molecule has 2 rings (SSSR count). The van der Waals surface area contributed by atoms with Crippen molar-refractivity contribution in [2.24, 2.45) is 7.05 Å². The Hall–Kier alpha value is -2.32. The van der Waals surface area contributed by atoms with Crippen LogP contribution >= 0.6 is 0 Å². The van der Waals surface area contributed by atoms with Crippen molar-refractivity contribution in [1.29, 1.82) is 0 Å². The number of anilines is 1. The maximum absolute atomic E-state index is 12.4. The van der Waals surface area contributed by atoms with Gasteiger partial charge in [0.1, 0.15) is 5.69 Å². The fourth-order valence-electron chi connectivity index (χ4n) is 1.72. The van der Waals surface area contributed by atoms with Crippen LogP contribution in [0.5, 0.6) is 0 Å². The number of nitrogens with one attached hydrogen (secondary N) is 2. The van der Waals surface area contributed by atoms with Gasteiger partial charge in [-0.1, -0.05) is 0 Å². The Morgan fingerprint density at radius 2 is 2.05 bits per heavy atom. The minimum absolute atomic E-state index is 0.333. The smallest absolute Gasteiger partial charge is 0.317 e. The van der Waals surface area contributed by atoms with Crippen molar-refractivity contribution in [1.82, 2.24) is 20.0 Å². The van der Waals surface area contributed by atoms with Gasteiger partial charge in [-0.3, -0.25) is 14.6 Å². The lowest BCUT2D eigenvalue weighted by Gasteiger charge is -2.03. The summed E-state index contributed by atoms with van der Waals surface area (Å²) < 4.78 is 38.8. The molecule has 0 saturated heterocycles. The van der Waals surface area contributed by atoms with Crippen molar-refractivity contribution < 1.29 is 18.0 Å². The normalized spacial score (nSPS) is 11.7. The SMILES string of the molecule is Cc1nn(C)c(C)c1NC(=O)c1cc(C(F)(F)F)[nH]n1. The number of aromatic amines is 1. The molecule has 0 atom stereocenters. The zero-order valence-corrected chi connectivity index (χ0v) is 11.0. The highest BCUT2D eigenvalue weighted by molar-refractivity contribution is 6.03. The second-order valence-electron chi connectivity index (χ2n) is 4.29. The van der Waals surface area contributed by atoms with Crippen molar-refractivity contribution in [2.45, 2.75) is 20.0 Å². The fourth-order valence-corrected chi connectivity index (χ4v) is 1.72. The van der Waals surface area contributed by atoms with Crippen LogP contribution in [0.4, 0.5) is 18.9 Å². The molecule has 2 heterocycles. The van der Waals surface area contributed by atoms with Gasteiger partial charge in [-0.15, -0.1) is 0 Å². The lowest BCUT2D eigenvalue weighted by atomic mass is 10.3. The van der Waals surface area contributed by atoms with Gasteiger partial charge >= 0.3 is 6.18 Å². The van der Waals surface area contributed by atoms with E-state index in [2.05, 4.69) is 15.5 Å². The molecule has 0 fully saturated rings. The first-order valence-electron chi connectivity index (χ1n) is 5.64. The number of aryl methyl sites for hydroxylation is 2. The molecule has 2 N–H and O–H groups in total. The monoisotopic (exact) mass is 287 g/mol. The summed E-state index contributed by atoms with van der Waals surface area (Å²) in [5, 5.41) is 11.8. The number of aromatic nitrogens is 4. The Morgan fingerprint density at radius 1 is 1.40 bits per heavy atom. The molecule has 0 unspecified atom stereocenters. The third kappa shape index (κ3) is 2.51. The van der Waals surface area contributed by atoms with E-state index in [0.717, 1.165) is 0 Å². The third-order valence-corrected chi connectivity index (χ3v) is 2.86. The summed E-state index contributed by atoms with van der Waals surface area (Å²) in [5.74, 6) is -0.726. The van der Waals surface area contributed by atoms with Gasteiger partial charge < -0.3 is 5.32 Å². The van der Waals surface area contributed by atoms with E-state index in [1.54, 1.807) is 30.7 Å². The number of H-pyrrole nitrogens is 1. The predicted octanol–water partition coefficient (Wildman–Crippen LogP) is 2.03. The largest absolute Gasteiger partial charge is 0.432 e. The summed E-state index contributed by atoms with van der Waals surface area (Å²) in [7, 11) is 1.70. The van der Waals surface area contributed by atoms with E-state index in [4.69, 9.17) is 0 Å². The average molecular weight is 287 g/mol. The molecule has 9 heteroatoms. The number of nitrogens with zero attached hydrogens (tertiary/aromatic N) is 3. The Balaban J connectivity index is 2.22. The minimum atomic E-state index is -4.56. The predicted molar refractivity (Wildman–Crippen MR) is 64.2 cm³/mol. The third-order valence-electron chi connectivity index (χ3n) is 2.86. The zero-order valence-electron chi connectivity index (χ0n) is 11.0. The number of halogens is 3. The number of amides is 1.